The summed E-state index contributed by atoms with van der Waals surface area (Å²) in [6.07, 6.45) is 6.06. The van der Waals surface area contributed by atoms with Gasteiger partial charge in [-0.05, 0) is 63.8 Å². The first-order valence-corrected chi connectivity index (χ1v) is 12.8. The summed E-state index contributed by atoms with van der Waals surface area (Å²) in [5.74, 6) is -0.222. The summed E-state index contributed by atoms with van der Waals surface area (Å²) < 4.78 is 12.7. The van der Waals surface area contributed by atoms with Crippen LogP contribution in [-0.4, -0.2) is 18.0 Å². The van der Waals surface area contributed by atoms with Crippen molar-refractivity contribution >= 4 is 47.4 Å². The van der Waals surface area contributed by atoms with Crippen molar-refractivity contribution in [2.45, 2.75) is 27.7 Å². The second-order valence-corrected chi connectivity index (χ2v) is 8.28. The van der Waals surface area contributed by atoms with Crippen molar-refractivity contribution < 1.29 is 4.39 Å². The Morgan fingerprint density at radius 3 is 2.24 bits per heavy atom. The molecule has 3 aromatic rings. The number of thioether (sulfide) groups is 1. The molecule has 0 aliphatic rings. The second-order valence-electron chi connectivity index (χ2n) is 6.38. The van der Waals surface area contributed by atoms with Crippen molar-refractivity contribution in [2.75, 3.05) is 6.26 Å². The normalized spacial score (nSPS) is 10.4. The fourth-order valence-corrected chi connectivity index (χ4v) is 3.62. The molecule has 176 valence electrons. The number of aryl methyl sites for hydroxylation is 1. The summed E-state index contributed by atoms with van der Waals surface area (Å²) in [4.78, 5) is 9.25. The zero-order valence-electron chi connectivity index (χ0n) is 20.0. The Kier molecular flexibility index (Phi) is 17.7. The van der Waals surface area contributed by atoms with Gasteiger partial charge >= 0.3 is 0 Å². The van der Waals surface area contributed by atoms with E-state index in [-0.39, 0.29) is 5.82 Å². The number of aromatic nitrogens is 1. The Hall–Kier alpha value is -2.41. The number of aliphatic imine (C=N–C) groups is 1. The van der Waals surface area contributed by atoms with Gasteiger partial charge < -0.3 is 0 Å². The molecule has 0 atom stereocenters. The van der Waals surface area contributed by atoms with Crippen LogP contribution in [0.4, 0.5) is 4.39 Å². The summed E-state index contributed by atoms with van der Waals surface area (Å²) in [5, 5.41) is 3.34. The topological polar surface area (TPSA) is 25.2 Å². The summed E-state index contributed by atoms with van der Waals surface area (Å²) in [6, 6.07) is 14.9. The van der Waals surface area contributed by atoms with Gasteiger partial charge in [-0.3, -0.25) is 4.99 Å². The van der Waals surface area contributed by atoms with Gasteiger partial charge in [-0.15, -0.1) is 23.1 Å². The Balaban J connectivity index is 0.000000488. The highest BCUT2D eigenvalue weighted by Gasteiger charge is 2.03. The monoisotopic (exact) mass is 500 g/mol. The molecule has 1 aromatic heterocycles. The fraction of sp³-hybridized carbons (Fsp3) is 0.185. The number of benzene rings is 2. The quantitative estimate of drug-likeness (QED) is 0.219. The lowest BCUT2D eigenvalue weighted by Gasteiger charge is -2.07. The molecule has 0 bridgehead atoms. The molecule has 0 saturated carbocycles. The van der Waals surface area contributed by atoms with Crippen molar-refractivity contribution in [3.8, 4) is 11.3 Å². The van der Waals surface area contributed by atoms with Crippen LogP contribution < -0.4 is 0 Å². The van der Waals surface area contributed by atoms with E-state index in [0.29, 0.717) is 0 Å². The predicted octanol–water partition coefficient (Wildman–Crippen LogP) is 9.34. The molecule has 0 spiro atoms. The van der Waals surface area contributed by atoms with Gasteiger partial charge in [0.15, 0.2) is 0 Å². The Bertz CT molecular complexity index is 1010. The van der Waals surface area contributed by atoms with E-state index in [1.807, 2.05) is 44.4 Å². The Morgan fingerprint density at radius 1 is 1.15 bits per heavy atom. The summed E-state index contributed by atoms with van der Waals surface area (Å²) in [7, 11) is 0. The molecule has 0 N–H and O–H groups in total. The molecule has 6 heteroatoms. The molecular formula is C27H33FN2S3. The van der Waals surface area contributed by atoms with Crippen LogP contribution in [0.15, 0.2) is 94.3 Å². The minimum atomic E-state index is -0.222. The van der Waals surface area contributed by atoms with Crippen LogP contribution in [0, 0.1) is 12.7 Å². The average Bonchev–Trinajstić information content (AvgIpc) is 3.36. The van der Waals surface area contributed by atoms with Gasteiger partial charge in [0.05, 0.1) is 16.9 Å². The van der Waals surface area contributed by atoms with Gasteiger partial charge in [-0.1, -0.05) is 60.7 Å². The van der Waals surface area contributed by atoms with Crippen LogP contribution in [-0.2, 0) is 0 Å². The van der Waals surface area contributed by atoms with Crippen LogP contribution in [0.1, 0.15) is 31.9 Å². The number of thiazole rings is 1. The highest BCUT2D eigenvalue weighted by Crippen LogP contribution is 2.29. The number of allylic oxidation sites excluding steroid dienone is 3. The molecule has 3 rings (SSSR count). The van der Waals surface area contributed by atoms with Crippen molar-refractivity contribution in [1.82, 2.24) is 4.98 Å². The Labute approximate surface area is 212 Å². The van der Waals surface area contributed by atoms with Crippen molar-refractivity contribution in [2.24, 2.45) is 4.99 Å². The van der Waals surface area contributed by atoms with Crippen LogP contribution in [0.3, 0.4) is 0 Å². The lowest BCUT2D eigenvalue weighted by atomic mass is 10.1. The zero-order chi connectivity index (χ0) is 25.1. The molecule has 0 aliphatic heterocycles. The van der Waals surface area contributed by atoms with Crippen molar-refractivity contribution in [3.05, 3.63) is 106 Å². The van der Waals surface area contributed by atoms with E-state index in [1.54, 1.807) is 23.3 Å². The van der Waals surface area contributed by atoms with E-state index in [9.17, 15) is 4.39 Å². The third-order valence-corrected chi connectivity index (χ3v) is 5.46. The molecule has 33 heavy (non-hydrogen) atoms. The number of hydrogen-bond acceptors (Lipinski definition) is 5. The molecule has 0 aliphatic carbocycles. The minimum Gasteiger partial charge on any atom is -0.268 e. The highest BCUT2D eigenvalue weighted by molar-refractivity contribution is 8.07. The van der Waals surface area contributed by atoms with Crippen molar-refractivity contribution in [1.29, 1.82) is 0 Å². The highest BCUT2D eigenvalue weighted by atomic mass is 32.2. The van der Waals surface area contributed by atoms with E-state index >= 15 is 0 Å². The lowest BCUT2D eigenvalue weighted by molar-refractivity contribution is 0.628. The number of thiol groups is 1. The molecule has 0 unspecified atom stereocenters. The molecule has 0 amide bonds. The standard InChI is InChI=1S/C12H15NS.C9H6FNS.C4H8.C2H4S/c1-9-6-5-7-11(8-9)12(14-4)10(2)13-3;10-8-3-1-2-7(4-8)9-5-12-6-11-9;1-3-4-2;1-2-3/h5-8H,3H2,1-2,4H3;1-6H;3-4H,1-2H3;2-3H,1H2/b12-10-;;4-3-;. The third-order valence-electron chi connectivity index (χ3n) is 3.94. The van der Waals surface area contributed by atoms with Gasteiger partial charge in [-0.25, -0.2) is 9.37 Å². The first-order chi connectivity index (χ1) is 15.9. The van der Waals surface area contributed by atoms with Crippen LogP contribution in [0.2, 0.25) is 0 Å². The Morgan fingerprint density at radius 2 is 1.79 bits per heavy atom. The molecule has 0 saturated heterocycles. The number of nitrogens with zero attached hydrogens (tertiary/aromatic N) is 2. The zero-order valence-corrected chi connectivity index (χ0v) is 22.5. The van der Waals surface area contributed by atoms with E-state index in [1.165, 1.54) is 44.9 Å². The van der Waals surface area contributed by atoms with Gasteiger partial charge in [0, 0.05) is 15.8 Å². The first-order valence-electron chi connectivity index (χ1n) is 10.1. The summed E-state index contributed by atoms with van der Waals surface area (Å²) in [6.45, 7) is 14.9. The smallest absolute Gasteiger partial charge is 0.123 e. The van der Waals surface area contributed by atoms with Gasteiger partial charge in [0.2, 0.25) is 0 Å². The minimum absolute atomic E-state index is 0.222. The number of halogens is 1. The average molecular weight is 501 g/mol. The first kappa shape index (κ1) is 30.6. The number of rotatable bonds is 4. The molecule has 2 aromatic carbocycles. The van der Waals surface area contributed by atoms with Gasteiger partial charge in [-0.2, -0.15) is 12.6 Å². The molecule has 2 nitrogen and oxygen atoms in total. The molecule has 1 heterocycles. The van der Waals surface area contributed by atoms with E-state index < -0.39 is 0 Å². The van der Waals surface area contributed by atoms with Crippen LogP contribution in [0.25, 0.3) is 16.2 Å². The van der Waals surface area contributed by atoms with Crippen LogP contribution >= 0.6 is 35.7 Å². The molecule has 0 fully saturated rings. The van der Waals surface area contributed by atoms with Gasteiger partial charge in [0.1, 0.15) is 5.82 Å². The van der Waals surface area contributed by atoms with Crippen molar-refractivity contribution in [3.63, 3.8) is 0 Å². The van der Waals surface area contributed by atoms with E-state index in [0.717, 1.165) is 17.0 Å². The summed E-state index contributed by atoms with van der Waals surface area (Å²) >= 11 is 6.77. The third kappa shape index (κ3) is 13.0. The SMILES string of the molecule is C/C=C\C.C=CS.C=N/C(C)=C(\SC)c1cccc(C)c1.Fc1cccc(-c2cscn2)c1. The maximum atomic E-state index is 12.7. The van der Waals surface area contributed by atoms with E-state index in [4.69, 9.17) is 0 Å². The maximum Gasteiger partial charge on any atom is 0.123 e. The lowest BCUT2D eigenvalue weighted by Crippen LogP contribution is -1.84. The maximum absolute atomic E-state index is 12.7. The molecular weight excluding hydrogens is 468 g/mol. The fourth-order valence-electron chi connectivity index (χ4n) is 2.34. The number of hydrogen-bond donors (Lipinski definition) is 1. The largest absolute Gasteiger partial charge is 0.268 e. The van der Waals surface area contributed by atoms with Crippen LogP contribution in [0.5, 0.6) is 0 Å². The second kappa shape index (κ2) is 19.1. The predicted molar refractivity (Wildman–Crippen MR) is 154 cm³/mol. The van der Waals surface area contributed by atoms with Gasteiger partial charge in [0.25, 0.3) is 0 Å². The summed E-state index contributed by atoms with van der Waals surface area (Å²) in [5.41, 5.74) is 6.88. The molecule has 0 radical (unpaired) electrons. The van der Waals surface area contributed by atoms with E-state index in [2.05, 4.69) is 73.3 Å².